The van der Waals surface area contributed by atoms with E-state index < -0.39 is 36.4 Å². The highest BCUT2D eigenvalue weighted by Crippen LogP contribution is 2.47. The van der Waals surface area contributed by atoms with Crippen molar-refractivity contribution in [2.24, 2.45) is 0 Å². The first kappa shape index (κ1) is 29.8. The molecule has 210 valence electrons. The van der Waals surface area contributed by atoms with Crippen LogP contribution in [0.5, 0.6) is 0 Å². The van der Waals surface area contributed by atoms with Crippen LogP contribution in [0.15, 0.2) is 48.5 Å². The number of carbonyl (C=O) groups is 3. The Labute approximate surface area is 225 Å². The van der Waals surface area contributed by atoms with Crippen molar-refractivity contribution in [1.29, 1.82) is 0 Å². The van der Waals surface area contributed by atoms with Crippen molar-refractivity contribution in [3.63, 3.8) is 0 Å². The number of carboxylic acid groups (broad SMARTS) is 3. The minimum atomic E-state index is -2.74. The first-order chi connectivity index (χ1) is 18.3. The van der Waals surface area contributed by atoms with Gasteiger partial charge in [0.25, 0.3) is 0 Å². The summed E-state index contributed by atoms with van der Waals surface area (Å²) < 4.78 is 13.6. The molecule has 0 amide bonds. The Hall–Kier alpha value is -3.76. The molecule has 1 aliphatic rings. The second-order valence-corrected chi connectivity index (χ2v) is 10.4. The van der Waals surface area contributed by atoms with Crippen molar-refractivity contribution in [2.75, 3.05) is 14.1 Å². The molecule has 9 nitrogen and oxygen atoms in total. The van der Waals surface area contributed by atoms with E-state index in [1.807, 2.05) is 6.07 Å². The molecule has 5 N–H and O–H groups in total. The number of halogens is 1. The van der Waals surface area contributed by atoms with E-state index in [4.69, 9.17) is 20.4 Å². The van der Waals surface area contributed by atoms with Crippen LogP contribution in [0.2, 0.25) is 0 Å². The highest BCUT2D eigenvalue weighted by molar-refractivity contribution is 5.88. The van der Waals surface area contributed by atoms with Gasteiger partial charge in [-0.25, -0.2) is 9.18 Å². The molecule has 1 heterocycles. The van der Waals surface area contributed by atoms with Gasteiger partial charge in [0.15, 0.2) is 5.60 Å². The van der Waals surface area contributed by atoms with Gasteiger partial charge in [-0.1, -0.05) is 30.3 Å². The van der Waals surface area contributed by atoms with Crippen molar-refractivity contribution in [3.05, 3.63) is 71.2 Å². The second kappa shape index (κ2) is 12.0. The number of nitrogens with zero attached hydrogens (tertiary/aromatic N) is 1. The SMILES string of the molecule is Cc1c(C2CCC(c3ccccc3)(N(C)C)CC2)[nH]c2ccc(F)cc12.O=C(O)CC(O)(CC(=O)O)C(=O)O. The number of rotatable bonds is 8. The Morgan fingerprint density at radius 1 is 1.00 bits per heavy atom. The lowest BCUT2D eigenvalue weighted by molar-refractivity contribution is -0.170. The molecule has 1 fully saturated rings. The molecule has 0 radical (unpaired) electrons. The first-order valence-electron chi connectivity index (χ1n) is 12.7. The predicted octanol–water partition coefficient (Wildman–Crippen LogP) is 4.48. The number of aromatic amines is 1. The predicted molar refractivity (Wildman–Crippen MR) is 143 cm³/mol. The van der Waals surface area contributed by atoms with Crippen LogP contribution < -0.4 is 0 Å². The highest BCUT2D eigenvalue weighted by atomic mass is 19.1. The van der Waals surface area contributed by atoms with E-state index in [-0.39, 0.29) is 11.4 Å². The normalized spacial score (nSPS) is 19.4. The number of hydrogen-bond acceptors (Lipinski definition) is 5. The number of benzene rings is 2. The van der Waals surface area contributed by atoms with Gasteiger partial charge in [-0.3, -0.25) is 14.5 Å². The Morgan fingerprint density at radius 2 is 1.56 bits per heavy atom. The van der Waals surface area contributed by atoms with E-state index in [1.54, 1.807) is 6.07 Å². The summed E-state index contributed by atoms with van der Waals surface area (Å²) in [7, 11) is 4.40. The average molecular weight is 543 g/mol. The van der Waals surface area contributed by atoms with E-state index in [0.29, 0.717) is 5.92 Å². The van der Waals surface area contributed by atoms with Crippen molar-refractivity contribution < 1.29 is 39.2 Å². The maximum atomic E-state index is 13.6. The van der Waals surface area contributed by atoms with Gasteiger partial charge in [0.1, 0.15) is 5.82 Å². The zero-order valence-electron chi connectivity index (χ0n) is 22.3. The van der Waals surface area contributed by atoms with Crippen LogP contribution in [-0.2, 0) is 19.9 Å². The third-order valence-electron chi connectivity index (χ3n) is 7.73. The van der Waals surface area contributed by atoms with Gasteiger partial charge in [-0.15, -0.1) is 0 Å². The maximum absolute atomic E-state index is 13.6. The largest absolute Gasteiger partial charge is 0.481 e. The summed E-state index contributed by atoms with van der Waals surface area (Å²) in [5.74, 6) is -4.66. The van der Waals surface area contributed by atoms with Crippen molar-refractivity contribution in [1.82, 2.24) is 9.88 Å². The van der Waals surface area contributed by atoms with Gasteiger partial charge in [-0.2, -0.15) is 0 Å². The number of aliphatic carboxylic acids is 3. The van der Waals surface area contributed by atoms with Gasteiger partial charge < -0.3 is 25.4 Å². The van der Waals surface area contributed by atoms with Crippen LogP contribution in [0, 0.1) is 12.7 Å². The van der Waals surface area contributed by atoms with Crippen molar-refractivity contribution >= 4 is 28.8 Å². The number of carboxylic acids is 3. The van der Waals surface area contributed by atoms with Crippen LogP contribution >= 0.6 is 0 Å². The summed E-state index contributed by atoms with van der Waals surface area (Å²) in [5.41, 5.74) is 2.35. The Balaban J connectivity index is 0.000000276. The number of nitrogens with one attached hydrogen (secondary N) is 1. The van der Waals surface area contributed by atoms with Crippen LogP contribution in [0.1, 0.15) is 61.3 Å². The molecule has 1 aliphatic carbocycles. The quantitative estimate of drug-likeness (QED) is 0.279. The van der Waals surface area contributed by atoms with Gasteiger partial charge in [0, 0.05) is 22.1 Å². The molecule has 4 rings (SSSR count). The van der Waals surface area contributed by atoms with Crippen molar-refractivity contribution in [3.8, 4) is 0 Å². The molecule has 0 spiro atoms. The van der Waals surface area contributed by atoms with Crippen LogP contribution in [0.4, 0.5) is 4.39 Å². The minimum absolute atomic E-state index is 0.115. The minimum Gasteiger partial charge on any atom is -0.481 e. The third kappa shape index (κ3) is 6.63. The van der Waals surface area contributed by atoms with E-state index >= 15 is 0 Å². The molecular weight excluding hydrogens is 507 g/mol. The zero-order chi connectivity index (χ0) is 29.0. The second-order valence-electron chi connectivity index (χ2n) is 10.4. The Kier molecular flexibility index (Phi) is 9.14. The molecule has 0 aliphatic heterocycles. The number of hydrogen-bond donors (Lipinski definition) is 5. The molecule has 0 saturated heterocycles. The molecule has 0 unspecified atom stereocenters. The van der Waals surface area contributed by atoms with Crippen LogP contribution in [0.25, 0.3) is 10.9 Å². The fourth-order valence-corrected chi connectivity index (χ4v) is 5.57. The summed E-state index contributed by atoms with van der Waals surface area (Å²) in [6.45, 7) is 2.12. The number of aliphatic hydroxyl groups is 1. The van der Waals surface area contributed by atoms with Gasteiger partial charge in [0.2, 0.25) is 0 Å². The topological polar surface area (TPSA) is 151 Å². The number of fused-ring (bicyclic) bond motifs is 1. The lowest BCUT2D eigenvalue weighted by atomic mass is 9.71. The third-order valence-corrected chi connectivity index (χ3v) is 7.73. The van der Waals surface area contributed by atoms with Crippen LogP contribution in [-0.4, -0.2) is 67.9 Å². The number of aromatic nitrogens is 1. The van der Waals surface area contributed by atoms with Gasteiger partial charge in [-0.05, 0) is 81.9 Å². The van der Waals surface area contributed by atoms with E-state index in [1.165, 1.54) is 22.9 Å². The lowest BCUT2D eigenvalue weighted by Crippen LogP contribution is -2.44. The summed E-state index contributed by atoms with van der Waals surface area (Å²) in [6.07, 6.45) is 2.27. The van der Waals surface area contributed by atoms with Gasteiger partial charge >= 0.3 is 17.9 Å². The summed E-state index contributed by atoms with van der Waals surface area (Å²) >= 11 is 0. The molecule has 1 saturated carbocycles. The fourth-order valence-electron chi connectivity index (χ4n) is 5.57. The molecular formula is C29H35FN2O7. The van der Waals surface area contributed by atoms with Gasteiger partial charge in [0.05, 0.1) is 12.8 Å². The summed E-state index contributed by atoms with van der Waals surface area (Å²) in [6, 6.07) is 15.9. The maximum Gasteiger partial charge on any atom is 0.336 e. The zero-order valence-corrected chi connectivity index (χ0v) is 22.3. The van der Waals surface area contributed by atoms with E-state index in [2.05, 4.69) is 61.2 Å². The summed E-state index contributed by atoms with van der Waals surface area (Å²) in [5, 5.41) is 34.8. The number of H-pyrrole nitrogens is 1. The monoisotopic (exact) mass is 542 g/mol. The fraction of sp³-hybridized carbons (Fsp3) is 0.414. The van der Waals surface area contributed by atoms with E-state index in [9.17, 15) is 18.8 Å². The van der Waals surface area contributed by atoms with Crippen LogP contribution in [0.3, 0.4) is 0 Å². The molecule has 10 heteroatoms. The van der Waals surface area contributed by atoms with Crippen molar-refractivity contribution in [2.45, 2.75) is 62.5 Å². The standard InChI is InChI=1S/C23H27FN2.C6H8O7/c1-16-20-15-19(24)9-10-21(20)25-22(16)17-11-13-23(14-12-17,26(2)3)18-7-5-4-6-8-18;7-3(8)1-6(13,5(11)12)2-4(9)10/h4-10,15,17,25H,11-14H2,1-3H3;13H,1-2H2,(H,7,8)(H,9,10)(H,11,12). The molecule has 39 heavy (non-hydrogen) atoms. The lowest BCUT2D eigenvalue weighted by Gasteiger charge is -2.45. The van der Waals surface area contributed by atoms with E-state index in [0.717, 1.165) is 36.6 Å². The molecule has 0 bridgehead atoms. The molecule has 2 aromatic carbocycles. The summed E-state index contributed by atoms with van der Waals surface area (Å²) in [4.78, 5) is 36.5. The Bertz CT molecular complexity index is 1310. The highest BCUT2D eigenvalue weighted by Gasteiger charge is 2.41. The molecule has 0 atom stereocenters. The number of aryl methyl sites for hydroxylation is 1. The average Bonchev–Trinajstić information content (AvgIpc) is 3.19. The Morgan fingerprint density at radius 3 is 2.05 bits per heavy atom. The molecule has 1 aromatic heterocycles. The smallest absolute Gasteiger partial charge is 0.336 e. The molecule has 3 aromatic rings. The first-order valence-corrected chi connectivity index (χ1v) is 12.7.